The van der Waals surface area contributed by atoms with Crippen molar-refractivity contribution in [1.29, 1.82) is 0 Å². The van der Waals surface area contributed by atoms with Gasteiger partial charge >= 0.3 is 0 Å². The fourth-order valence-electron chi connectivity index (χ4n) is 7.82. The second kappa shape index (κ2) is 16.4. The zero-order valence-corrected chi connectivity index (χ0v) is 36.8. The highest BCUT2D eigenvalue weighted by molar-refractivity contribution is 9.11. The number of rotatable bonds is 2. The molecule has 1 aliphatic rings. The van der Waals surface area contributed by atoms with E-state index >= 15 is 0 Å². The maximum absolute atomic E-state index is 3.81. The van der Waals surface area contributed by atoms with Crippen LogP contribution in [0, 0.1) is 7.43 Å². The second-order valence-electron chi connectivity index (χ2n) is 13.5. The predicted octanol–water partition coefficient (Wildman–Crippen LogP) is 16.3. The molecule has 2 nitrogen and oxygen atoms in total. The van der Waals surface area contributed by atoms with E-state index in [2.05, 4.69) is 237 Å². The number of aromatic nitrogens is 2. The molecule has 0 saturated carbocycles. The molecule has 0 amide bonds. The van der Waals surface area contributed by atoms with Gasteiger partial charge in [0, 0.05) is 50.8 Å². The molecule has 0 saturated heterocycles. The molecule has 274 valence electrons. The van der Waals surface area contributed by atoms with Gasteiger partial charge in [0.1, 0.15) is 0 Å². The van der Waals surface area contributed by atoms with Gasteiger partial charge in [-0.2, -0.15) is 0 Å². The van der Waals surface area contributed by atoms with Gasteiger partial charge in [0.05, 0.1) is 22.1 Å². The highest BCUT2D eigenvalue weighted by Crippen LogP contribution is 2.38. The Bertz CT molecular complexity index is 2700. The summed E-state index contributed by atoms with van der Waals surface area (Å²) in [6.45, 7) is 0. The van der Waals surface area contributed by atoms with Gasteiger partial charge in [0.2, 0.25) is 0 Å². The van der Waals surface area contributed by atoms with E-state index in [4.69, 9.17) is 0 Å². The molecular weight excluding hydrogens is 948 g/mol. The van der Waals surface area contributed by atoms with Crippen LogP contribution in [0.5, 0.6) is 0 Å². The van der Waals surface area contributed by atoms with Crippen molar-refractivity contribution in [2.75, 3.05) is 0 Å². The first-order valence-electron chi connectivity index (χ1n) is 18.0. The first kappa shape index (κ1) is 38.2. The zero-order chi connectivity index (χ0) is 37.5. The number of para-hydroxylation sites is 4. The minimum atomic E-state index is 0. The zero-order valence-electron chi connectivity index (χ0n) is 30.4. The van der Waals surface area contributed by atoms with Crippen molar-refractivity contribution in [1.82, 2.24) is 9.13 Å². The Morgan fingerprint density at radius 3 is 0.964 bits per heavy atom. The first-order chi connectivity index (χ1) is 26.9. The van der Waals surface area contributed by atoms with Crippen LogP contribution in [-0.2, 0) is 6.42 Å². The number of fused-ring (bicyclic) bond motifs is 9. The molecule has 0 fully saturated rings. The molecule has 11 rings (SSSR count). The fourth-order valence-corrected chi connectivity index (χ4v) is 10.7. The van der Waals surface area contributed by atoms with E-state index in [1.807, 2.05) is 18.2 Å². The summed E-state index contributed by atoms with van der Waals surface area (Å²) >= 11 is 13.9. The lowest BCUT2D eigenvalue weighted by Gasteiger charge is -2.14. The standard InChI is InChI=1S/C30H19BrN2.C13H10.C6H3Br3.CH3/c31-20-17-21(32-27-13-5-1-9-23(27)24-10-2-6-14-28(24)32)19-22(18-20)33-29-15-7-3-11-25(29)26-12-4-8-16-30(26)33;1-3-7-12-10(5-1)9-11-6-2-4-8-13(11)12;7-4-1-5(8)3-6(9)2-4;/h1-19H;1-8H,9H2;1-3H;1H3/q;;;-1. The molecule has 56 heavy (non-hydrogen) atoms. The van der Waals surface area contributed by atoms with Gasteiger partial charge in [-0.3, -0.25) is 0 Å². The Kier molecular flexibility index (Phi) is 11.2. The largest absolute Gasteiger partial charge is 0.358 e. The summed E-state index contributed by atoms with van der Waals surface area (Å²) in [4.78, 5) is 0. The van der Waals surface area contributed by atoms with Crippen LogP contribution in [0.25, 0.3) is 66.1 Å². The van der Waals surface area contributed by atoms with Gasteiger partial charge in [0.25, 0.3) is 0 Å². The molecule has 2 heterocycles. The molecular formula is C50H35Br4N2-. The van der Waals surface area contributed by atoms with Crippen molar-refractivity contribution in [2.45, 2.75) is 6.42 Å². The maximum atomic E-state index is 3.81. The minimum absolute atomic E-state index is 0. The van der Waals surface area contributed by atoms with Crippen LogP contribution >= 0.6 is 63.7 Å². The number of nitrogens with zero attached hydrogens (tertiary/aromatic N) is 2. The van der Waals surface area contributed by atoms with Crippen molar-refractivity contribution in [3.05, 3.63) is 218 Å². The number of hydrogen-bond acceptors (Lipinski definition) is 0. The summed E-state index contributed by atoms with van der Waals surface area (Å²) in [6.07, 6.45) is 1.10. The average molecular weight is 983 g/mol. The molecule has 0 radical (unpaired) electrons. The quantitative estimate of drug-likeness (QED) is 0.153. The topological polar surface area (TPSA) is 9.86 Å². The third-order valence-electron chi connectivity index (χ3n) is 10.1. The molecule has 10 aromatic rings. The van der Waals surface area contributed by atoms with Crippen LogP contribution in [0.2, 0.25) is 0 Å². The summed E-state index contributed by atoms with van der Waals surface area (Å²) in [7, 11) is 0. The van der Waals surface area contributed by atoms with Crippen molar-refractivity contribution in [3.8, 4) is 22.5 Å². The third kappa shape index (κ3) is 7.32. The minimum Gasteiger partial charge on any atom is -0.358 e. The average Bonchev–Trinajstić information content (AvgIpc) is 3.86. The summed E-state index contributed by atoms with van der Waals surface area (Å²) in [5, 5.41) is 5.08. The van der Waals surface area contributed by atoms with Crippen molar-refractivity contribution < 1.29 is 0 Å². The van der Waals surface area contributed by atoms with E-state index < -0.39 is 0 Å². The Balaban J connectivity index is 0.000000157. The van der Waals surface area contributed by atoms with Gasteiger partial charge in [-0.1, -0.05) is 185 Å². The van der Waals surface area contributed by atoms with Gasteiger partial charge in [-0.05, 0) is 89.3 Å². The van der Waals surface area contributed by atoms with Crippen LogP contribution in [0.15, 0.2) is 200 Å². The number of hydrogen-bond donors (Lipinski definition) is 0. The Hall–Kier alpha value is -4.72. The molecule has 0 bridgehead atoms. The van der Waals surface area contributed by atoms with E-state index in [0.29, 0.717) is 0 Å². The van der Waals surface area contributed by atoms with Gasteiger partial charge in [0.15, 0.2) is 0 Å². The number of benzene rings is 8. The van der Waals surface area contributed by atoms with E-state index in [1.54, 1.807) is 0 Å². The summed E-state index contributed by atoms with van der Waals surface area (Å²) < 4.78 is 9.01. The molecule has 6 heteroatoms. The van der Waals surface area contributed by atoms with Crippen molar-refractivity contribution in [2.24, 2.45) is 0 Å². The predicted molar refractivity (Wildman–Crippen MR) is 253 cm³/mol. The molecule has 0 atom stereocenters. The molecule has 0 spiro atoms. The number of halogens is 4. The van der Waals surface area contributed by atoms with Gasteiger partial charge in [-0.15, -0.1) is 0 Å². The highest BCUT2D eigenvalue weighted by Gasteiger charge is 2.17. The molecule has 0 aliphatic heterocycles. The van der Waals surface area contributed by atoms with Crippen LogP contribution in [0.4, 0.5) is 0 Å². The summed E-state index contributed by atoms with van der Waals surface area (Å²) in [5.41, 5.74) is 12.9. The second-order valence-corrected chi connectivity index (χ2v) is 17.1. The maximum Gasteiger partial charge on any atom is 0.0541 e. The highest BCUT2D eigenvalue weighted by atomic mass is 79.9. The monoisotopic (exact) mass is 979 g/mol. The smallest absolute Gasteiger partial charge is 0.0541 e. The van der Waals surface area contributed by atoms with E-state index in [-0.39, 0.29) is 7.43 Å². The Morgan fingerprint density at radius 1 is 0.321 bits per heavy atom. The normalized spacial score (nSPS) is 11.4. The molecule has 8 aromatic carbocycles. The van der Waals surface area contributed by atoms with Gasteiger partial charge < -0.3 is 16.6 Å². The molecule has 2 aromatic heterocycles. The van der Waals surface area contributed by atoms with E-state index in [1.165, 1.54) is 65.9 Å². The lowest BCUT2D eigenvalue weighted by atomic mass is 10.1. The van der Waals surface area contributed by atoms with E-state index in [0.717, 1.165) is 35.7 Å². The summed E-state index contributed by atoms with van der Waals surface area (Å²) in [6, 6.07) is 64.6. The van der Waals surface area contributed by atoms with Crippen LogP contribution in [0.3, 0.4) is 0 Å². The fraction of sp³-hybridized carbons (Fsp3) is 0.0200. The van der Waals surface area contributed by atoms with Crippen LogP contribution < -0.4 is 0 Å². The first-order valence-corrected chi connectivity index (χ1v) is 21.2. The van der Waals surface area contributed by atoms with Gasteiger partial charge in [-0.25, -0.2) is 0 Å². The van der Waals surface area contributed by atoms with Crippen LogP contribution in [0.1, 0.15) is 11.1 Å². The van der Waals surface area contributed by atoms with E-state index in [9.17, 15) is 0 Å². The molecule has 1 aliphatic carbocycles. The Morgan fingerprint density at radius 2 is 0.607 bits per heavy atom. The Labute approximate surface area is 360 Å². The summed E-state index contributed by atoms with van der Waals surface area (Å²) in [5.74, 6) is 0. The molecule has 0 unspecified atom stereocenters. The van der Waals surface area contributed by atoms with Crippen molar-refractivity contribution in [3.63, 3.8) is 0 Å². The SMILES string of the molecule is Brc1cc(-n2c3ccccc3c3ccccc32)cc(-n2c3ccccc3c3ccccc32)c1.Brc1cc(Br)cc(Br)c1.[CH3-].c1ccc2c(c1)Cc1ccccc1-2. The lowest BCUT2D eigenvalue weighted by Crippen LogP contribution is -1.99. The lowest BCUT2D eigenvalue weighted by molar-refractivity contribution is 1.13. The molecule has 0 N–H and O–H groups in total. The third-order valence-corrected chi connectivity index (χ3v) is 11.9. The van der Waals surface area contributed by atoms with Crippen molar-refractivity contribution >= 4 is 107 Å². The van der Waals surface area contributed by atoms with Crippen LogP contribution in [-0.4, -0.2) is 9.13 Å².